The van der Waals surface area contributed by atoms with Crippen molar-refractivity contribution in [1.82, 2.24) is 9.91 Å². The lowest BCUT2D eigenvalue weighted by atomic mass is 9.91. The molecule has 1 N–H and O–H groups in total. The average molecular weight is 497 g/mol. The number of nitrogens with one attached hydrogen (secondary N) is 1. The number of anilines is 1. The van der Waals surface area contributed by atoms with Crippen LogP contribution in [0.25, 0.3) is 0 Å². The molecule has 0 aromatic heterocycles. The van der Waals surface area contributed by atoms with Crippen LogP contribution in [-0.2, 0) is 20.7 Å². The number of hydrogen-bond donors (Lipinski definition) is 1. The Labute approximate surface area is 195 Å². The fourth-order valence-electron chi connectivity index (χ4n) is 3.93. The monoisotopic (exact) mass is 496 g/mol. The molecule has 1 unspecified atom stereocenters. The molecule has 4 rings (SSSR count). The molecule has 2 aromatic rings. The lowest BCUT2D eigenvalue weighted by molar-refractivity contribution is -0.274. The number of halogens is 4. The summed E-state index contributed by atoms with van der Waals surface area (Å²) in [7, 11) is 1.18. The standard InChI is InChI=1S/C21H16ClF3N4O5/c1-33-18(31)20-9-12-8-13(22)2-7-16(12)17(20)27-29(10-28(20)11-30)19(32)26-14-3-5-15(6-4-14)34-21(23,24)25/h2-8,11H,9-10H2,1H3,(H,26,32). The molecule has 0 saturated carbocycles. The van der Waals surface area contributed by atoms with Crippen molar-refractivity contribution in [2.24, 2.45) is 5.10 Å². The first-order valence-electron chi connectivity index (χ1n) is 9.70. The summed E-state index contributed by atoms with van der Waals surface area (Å²) in [6.07, 6.45) is -4.37. The number of ether oxygens (including phenoxy) is 2. The number of amides is 3. The first kappa shape index (κ1) is 23.4. The Morgan fingerprint density at radius 1 is 1.21 bits per heavy atom. The van der Waals surface area contributed by atoms with Crippen molar-refractivity contribution in [2.45, 2.75) is 18.3 Å². The second-order valence-corrected chi connectivity index (χ2v) is 7.83. The van der Waals surface area contributed by atoms with E-state index in [0.717, 1.165) is 22.0 Å². The molecule has 1 aliphatic carbocycles. The van der Waals surface area contributed by atoms with Crippen molar-refractivity contribution in [1.29, 1.82) is 0 Å². The van der Waals surface area contributed by atoms with Gasteiger partial charge in [-0.1, -0.05) is 17.7 Å². The van der Waals surface area contributed by atoms with Crippen molar-refractivity contribution in [3.63, 3.8) is 0 Å². The van der Waals surface area contributed by atoms with E-state index in [9.17, 15) is 27.6 Å². The van der Waals surface area contributed by atoms with Gasteiger partial charge in [-0.25, -0.2) is 9.59 Å². The Morgan fingerprint density at radius 3 is 2.53 bits per heavy atom. The smallest absolute Gasteiger partial charge is 0.467 e. The van der Waals surface area contributed by atoms with Crippen LogP contribution in [0, 0.1) is 0 Å². The van der Waals surface area contributed by atoms with Crippen LogP contribution >= 0.6 is 11.6 Å². The summed E-state index contributed by atoms with van der Waals surface area (Å²) in [6, 6.07) is 8.55. The number of hydrogen-bond acceptors (Lipinski definition) is 6. The van der Waals surface area contributed by atoms with E-state index in [2.05, 4.69) is 15.2 Å². The van der Waals surface area contributed by atoms with E-state index in [0.29, 0.717) is 22.6 Å². The van der Waals surface area contributed by atoms with Crippen molar-refractivity contribution in [3.8, 4) is 5.75 Å². The third kappa shape index (κ3) is 4.12. The minimum absolute atomic E-state index is 0.0588. The highest BCUT2D eigenvalue weighted by Crippen LogP contribution is 2.39. The van der Waals surface area contributed by atoms with Crippen molar-refractivity contribution in [3.05, 3.63) is 58.6 Å². The molecule has 0 saturated heterocycles. The van der Waals surface area contributed by atoms with Gasteiger partial charge in [0.1, 0.15) is 18.1 Å². The van der Waals surface area contributed by atoms with Crippen LogP contribution in [0.4, 0.5) is 23.7 Å². The molecule has 13 heteroatoms. The Hall–Kier alpha value is -3.80. The van der Waals surface area contributed by atoms with Gasteiger partial charge in [-0.05, 0) is 42.0 Å². The van der Waals surface area contributed by atoms with Gasteiger partial charge in [0, 0.05) is 22.7 Å². The molecule has 2 aromatic carbocycles. The summed E-state index contributed by atoms with van der Waals surface area (Å²) in [5.41, 5.74) is -0.121. The number of alkyl halides is 3. The maximum Gasteiger partial charge on any atom is 0.573 e. The fraction of sp³-hybridized carbons (Fsp3) is 0.238. The largest absolute Gasteiger partial charge is 0.573 e. The molecule has 34 heavy (non-hydrogen) atoms. The van der Waals surface area contributed by atoms with Crippen LogP contribution in [0.1, 0.15) is 11.1 Å². The third-order valence-corrected chi connectivity index (χ3v) is 5.62. The summed E-state index contributed by atoms with van der Waals surface area (Å²) in [5.74, 6) is -1.19. The number of fused-ring (bicyclic) bond motifs is 3. The topological polar surface area (TPSA) is 101 Å². The molecule has 1 atom stereocenters. The molecule has 3 amide bonds. The van der Waals surface area contributed by atoms with E-state index < -0.39 is 29.7 Å². The zero-order valence-corrected chi connectivity index (χ0v) is 18.2. The van der Waals surface area contributed by atoms with Gasteiger partial charge < -0.3 is 19.7 Å². The van der Waals surface area contributed by atoms with E-state index in [-0.39, 0.29) is 24.5 Å². The zero-order valence-electron chi connectivity index (χ0n) is 17.4. The predicted octanol–water partition coefficient (Wildman–Crippen LogP) is 3.37. The van der Waals surface area contributed by atoms with Crippen LogP contribution in [-0.4, -0.2) is 59.7 Å². The lowest BCUT2D eigenvalue weighted by Crippen LogP contribution is -2.65. The molecular weight excluding hydrogens is 481 g/mol. The van der Waals surface area contributed by atoms with Crippen molar-refractivity contribution in [2.75, 3.05) is 19.1 Å². The minimum Gasteiger partial charge on any atom is -0.467 e. The quantitative estimate of drug-likeness (QED) is 0.517. The van der Waals surface area contributed by atoms with Gasteiger partial charge in [0.25, 0.3) is 0 Å². The summed E-state index contributed by atoms with van der Waals surface area (Å²) >= 11 is 6.08. The van der Waals surface area contributed by atoms with E-state index >= 15 is 0 Å². The molecule has 0 bridgehead atoms. The predicted molar refractivity (Wildman–Crippen MR) is 113 cm³/mol. The van der Waals surface area contributed by atoms with Gasteiger partial charge in [0.05, 0.1) is 7.11 Å². The molecule has 1 heterocycles. The van der Waals surface area contributed by atoms with Crippen LogP contribution in [0.15, 0.2) is 47.6 Å². The molecule has 1 aliphatic heterocycles. The second-order valence-electron chi connectivity index (χ2n) is 7.40. The van der Waals surface area contributed by atoms with Crippen molar-refractivity contribution < 1.29 is 37.0 Å². The molecule has 0 spiro atoms. The van der Waals surface area contributed by atoms with Crippen LogP contribution < -0.4 is 10.1 Å². The highest BCUT2D eigenvalue weighted by Gasteiger charge is 2.57. The van der Waals surface area contributed by atoms with Crippen LogP contribution in [0.5, 0.6) is 5.75 Å². The van der Waals surface area contributed by atoms with Gasteiger partial charge in [-0.3, -0.25) is 4.79 Å². The van der Waals surface area contributed by atoms with E-state index in [4.69, 9.17) is 16.3 Å². The van der Waals surface area contributed by atoms with E-state index in [1.807, 2.05) is 0 Å². The van der Waals surface area contributed by atoms with Crippen LogP contribution in [0.2, 0.25) is 5.02 Å². The summed E-state index contributed by atoms with van der Waals surface area (Å²) in [5, 5.41) is 8.16. The molecule has 0 fully saturated rings. The Balaban J connectivity index is 1.65. The number of benzene rings is 2. The average Bonchev–Trinajstić information content (AvgIpc) is 3.12. The molecule has 2 aliphatic rings. The Morgan fingerprint density at radius 2 is 1.91 bits per heavy atom. The van der Waals surface area contributed by atoms with Gasteiger partial charge >= 0.3 is 18.4 Å². The number of urea groups is 1. The highest BCUT2D eigenvalue weighted by molar-refractivity contribution is 6.31. The highest BCUT2D eigenvalue weighted by atomic mass is 35.5. The van der Waals surface area contributed by atoms with Gasteiger partial charge in [-0.15, -0.1) is 13.2 Å². The number of rotatable bonds is 4. The van der Waals surface area contributed by atoms with Gasteiger partial charge in [0.2, 0.25) is 6.41 Å². The van der Waals surface area contributed by atoms with Crippen molar-refractivity contribution >= 4 is 41.4 Å². The number of nitrogens with zero attached hydrogens (tertiary/aromatic N) is 3. The third-order valence-electron chi connectivity index (χ3n) is 5.38. The second kappa shape index (κ2) is 8.52. The first-order valence-corrected chi connectivity index (χ1v) is 10.1. The minimum atomic E-state index is -4.85. The SMILES string of the molecule is COC(=O)C12Cc3cc(Cl)ccc3C1=NN(C(=O)Nc1ccc(OC(F)(F)F)cc1)CN2C=O. The maximum absolute atomic E-state index is 12.9. The Kier molecular flexibility index (Phi) is 5.86. The van der Waals surface area contributed by atoms with Crippen LogP contribution in [0.3, 0.4) is 0 Å². The molecule has 9 nitrogen and oxygen atoms in total. The van der Waals surface area contributed by atoms with E-state index in [1.165, 1.54) is 19.2 Å². The number of hydrazone groups is 1. The first-order chi connectivity index (χ1) is 16.1. The molecule has 178 valence electrons. The summed E-state index contributed by atoms with van der Waals surface area (Å²) < 4.78 is 45.7. The lowest BCUT2D eigenvalue weighted by Gasteiger charge is -2.42. The fourth-order valence-corrected chi connectivity index (χ4v) is 4.12. The molecular formula is C21H16ClF3N4O5. The van der Waals surface area contributed by atoms with Gasteiger partial charge in [-0.2, -0.15) is 10.1 Å². The van der Waals surface area contributed by atoms with E-state index in [1.54, 1.807) is 18.2 Å². The molecule has 0 radical (unpaired) electrons. The normalized spacial score (nSPS) is 19.0. The maximum atomic E-state index is 12.9. The van der Waals surface area contributed by atoms with Gasteiger partial charge in [0.15, 0.2) is 5.54 Å². The number of esters is 1. The number of carbonyl (C=O) groups is 3. The number of methoxy groups -OCH3 is 1. The summed E-state index contributed by atoms with van der Waals surface area (Å²) in [4.78, 5) is 38.8. The number of carbonyl (C=O) groups excluding carboxylic acids is 3. The Bertz CT molecular complexity index is 1190. The summed E-state index contributed by atoms with van der Waals surface area (Å²) in [6.45, 7) is -0.384. The zero-order chi connectivity index (χ0) is 24.7.